The van der Waals surface area contributed by atoms with Crippen molar-refractivity contribution < 1.29 is 0 Å². The maximum absolute atomic E-state index is 8.76. The van der Waals surface area contributed by atoms with Gasteiger partial charge in [-0.3, -0.25) is 0 Å². The second-order valence-electron chi connectivity index (χ2n) is 4.59. The Balaban J connectivity index is 1.83. The summed E-state index contributed by atoms with van der Waals surface area (Å²) in [6.07, 6.45) is 0. The monoisotopic (exact) mass is 233 g/mol. The zero-order valence-electron chi connectivity index (χ0n) is 8.73. The van der Waals surface area contributed by atoms with Crippen LogP contribution in [0.5, 0.6) is 0 Å². The van der Waals surface area contributed by atoms with Gasteiger partial charge in [0.1, 0.15) is 0 Å². The number of anilines is 1. The molecule has 2 fully saturated rings. The number of hydrogen-bond acceptors (Lipinski definition) is 3. The van der Waals surface area contributed by atoms with Crippen molar-refractivity contribution in [3.8, 4) is 6.07 Å². The van der Waals surface area contributed by atoms with E-state index in [-0.39, 0.29) is 0 Å². The number of fused-ring (bicyclic) bond motifs is 1. The molecule has 3 rings (SSSR count). The van der Waals surface area contributed by atoms with E-state index in [9.17, 15) is 0 Å². The second-order valence-corrected chi connectivity index (χ2v) is 5.00. The van der Waals surface area contributed by atoms with Gasteiger partial charge in [-0.2, -0.15) is 5.26 Å². The molecule has 0 radical (unpaired) electrons. The first-order chi connectivity index (χ1) is 7.70. The lowest BCUT2D eigenvalue weighted by Gasteiger charge is -2.22. The molecule has 1 aliphatic carbocycles. The predicted molar refractivity (Wildman–Crippen MR) is 63.3 cm³/mol. The van der Waals surface area contributed by atoms with E-state index < -0.39 is 0 Å². The van der Waals surface area contributed by atoms with E-state index in [0.717, 1.165) is 18.8 Å². The fourth-order valence-electron chi connectivity index (χ4n) is 2.60. The van der Waals surface area contributed by atoms with Crippen LogP contribution in [0.25, 0.3) is 0 Å². The number of rotatable bonds is 1. The van der Waals surface area contributed by atoms with Crippen LogP contribution >= 0.6 is 11.6 Å². The van der Waals surface area contributed by atoms with Crippen LogP contribution < -0.4 is 10.6 Å². The first kappa shape index (κ1) is 9.95. The van der Waals surface area contributed by atoms with Crippen molar-refractivity contribution in [3.63, 3.8) is 0 Å². The van der Waals surface area contributed by atoms with Gasteiger partial charge in [-0.25, -0.2) is 0 Å². The average molecular weight is 234 g/mol. The third kappa shape index (κ3) is 1.38. The third-order valence-corrected chi connectivity index (χ3v) is 3.98. The number of halogens is 1. The molecule has 1 saturated heterocycles. The summed E-state index contributed by atoms with van der Waals surface area (Å²) in [5.41, 5.74) is 7.53. The summed E-state index contributed by atoms with van der Waals surface area (Å²) in [4.78, 5) is 2.27. The highest BCUT2D eigenvalue weighted by molar-refractivity contribution is 6.33. The van der Waals surface area contributed by atoms with Crippen LogP contribution in [-0.4, -0.2) is 19.1 Å². The van der Waals surface area contributed by atoms with Crippen molar-refractivity contribution >= 4 is 17.3 Å². The molecule has 1 aromatic carbocycles. The van der Waals surface area contributed by atoms with Gasteiger partial charge >= 0.3 is 0 Å². The molecular formula is C12H12ClN3. The van der Waals surface area contributed by atoms with Gasteiger partial charge in [0.25, 0.3) is 0 Å². The Morgan fingerprint density at radius 3 is 2.62 bits per heavy atom. The van der Waals surface area contributed by atoms with Gasteiger partial charge in [-0.1, -0.05) is 11.6 Å². The largest absolute Gasteiger partial charge is 0.370 e. The van der Waals surface area contributed by atoms with Crippen LogP contribution in [0.15, 0.2) is 18.2 Å². The Hall–Kier alpha value is -1.24. The summed E-state index contributed by atoms with van der Waals surface area (Å²) in [6, 6.07) is 7.95. The van der Waals surface area contributed by atoms with Gasteiger partial charge in [0, 0.05) is 19.1 Å². The van der Waals surface area contributed by atoms with Crippen LogP contribution in [0.1, 0.15) is 5.56 Å². The SMILES string of the molecule is N#Cc1ccc(N2CC3C(N)C3C2)c(Cl)c1. The summed E-state index contributed by atoms with van der Waals surface area (Å²) in [5, 5.41) is 9.42. The van der Waals surface area contributed by atoms with Crippen molar-refractivity contribution in [1.82, 2.24) is 0 Å². The van der Waals surface area contributed by atoms with Gasteiger partial charge in [-0.15, -0.1) is 0 Å². The Labute approximate surface area is 99.4 Å². The molecule has 0 aromatic heterocycles. The van der Waals surface area contributed by atoms with Crippen molar-refractivity contribution in [3.05, 3.63) is 28.8 Å². The van der Waals surface area contributed by atoms with E-state index in [0.29, 0.717) is 28.5 Å². The molecule has 82 valence electrons. The topological polar surface area (TPSA) is 53.0 Å². The summed E-state index contributed by atoms with van der Waals surface area (Å²) >= 11 is 6.16. The maximum Gasteiger partial charge on any atom is 0.0992 e. The number of nitrogens with zero attached hydrogens (tertiary/aromatic N) is 2. The molecule has 16 heavy (non-hydrogen) atoms. The number of piperidine rings is 1. The fourth-order valence-corrected chi connectivity index (χ4v) is 2.90. The third-order valence-electron chi connectivity index (χ3n) is 3.68. The lowest BCUT2D eigenvalue weighted by atomic mass is 10.2. The van der Waals surface area contributed by atoms with E-state index in [1.54, 1.807) is 6.07 Å². The fraction of sp³-hybridized carbons (Fsp3) is 0.417. The lowest BCUT2D eigenvalue weighted by Crippen LogP contribution is -2.28. The van der Waals surface area contributed by atoms with Gasteiger partial charge in [-0.05, 0) is 30.0 Å². The molecule has 1 heterocycles. The lowest BCUT2D eigenvalue weighted by molar-refractivity contribution is 0.743. The molecule has 3 nitrogen and oxygen atoms in total. The van der Waals surface area contributed by atoms with E-state index in [1.165, 1.54) is 0 Å². The van der Waals surface area contributed by atoms with Gasteiger partial charge < -0.3 is 10.6 Å². The van der Waals surface area contributed by atoms with Gasteiger partial charge in [0.05, 0.1) is 22.3 Å². The molecule has 0 spiro atoms. The van der Waals surface area contributed by atoms with E-state index in [1.807, 2.05) is 12.1 Å². The van der Waals surface area contributed by atoms with Crippen LogP contribution in [0.3, 0.4) is 0 Å². The Bertz CT molecular complexity index is 468. The molecule has 2 aliphatic rings. The first-order valence-electron chi connectivity index (χ1n) is 5.41. The zero-order valence-corrected chi connectivity index (χ0v) is 9.48. The maximum atomic E-state index is 8.76. The molecule has 2 atom stereocenters. The smallest absolute Gasteiger partial charge is 0.0992 e. The number of nitriles is 1. The van der Waals surface area contributed by atoms with Crippen molar-refractivity contribution in [2.24, 2.45) is 17.6 Å². The van der Waals surface area contributed by atoms with Gasteiger partial charge in [0.2, 0.25) is 0 Å². The van der Waals surface area contributed by atoms with E-state index >= 15 is 0 Å². The normalized spacial score (nSPS) is 31.1. The van der Waals surface area contributed by atoms with Crippen LogP contribution in [0, 0.1) is 23.2 Å². The summed E-state index contributed by atoms with van der Waals surface area (Å²) < 4.78 is 0. The minimum atomic E-state index is 0.397. The molecular weight excluding hydrogens is 222 g/mol. The summed E-state index contributed by atoms with van der Waals surface area (Å²) in [5.74, 6) is 1.29. The summed E-state index contributed by atoms with van der Waals surface area (Å²) in [6.45, 7) is 1.99. The molecule has 1 aromatic rings. The molecule has 0 bridgehead atoms. The number of hydrogen-bond donors (Lipinski definition) is 1. The van der Waals surface area contributed by atoms with Crippen molar-refractivity contribution in [1.29, 1.82) is 5.26 Å². The molecule has 4 heteroatoms. The standard InChI is InChI=1S/C12H12ClN3/c13-10-3-7(4-14)1-2-11(10)16-5-8-9(6-16)12(8)15/h1-3,8-9,12H,5-6,15H2. The van der Waals surface area contributed by atoms with Crippen LogP contribution in [-0.2, 0) is 0 Å². The van der Waals surface area contributed by atoms with E-state index in [4.69, 9.17) is 22.6 Å². The Kier molecular flexibility index (Phi) is 2.10. The second kappa shape index (κ2) is 3.38. The quantitative estimate of drug-likeness (QED) is 0.802. The highest BCUT2D eigenvalue weighted by Crippen LogP contribution is 2.46. The molecule has 2 unspecified atom stereocenters. The number of benzene rings is 1. The van der Waals surface area contributed by atoms with Crippen LogP contribution in [0.4, 0.5) is 5.69 Å². The molecule has 1 aliphatic heterocycles. The molecule has 0 amide bonds. The van der Waals surface area contributed by atoms with Crippen molar-refractivity contribution in [2.75, 3.05) is 18.0 Å². The molecule has 1 saturated carbocycles. The highest BCUT2D eigenvalue weighted by Gasteiger charge is 2.53. The first-order valence-corrected chi connectivity index (χ1v) is 5.78. The summed E-state index contributed by atoms with van der Waals surface area (Å²) in [7, 11) is 0. The zero-order chi connectivity index (χ0) is 11.3. The predicted octanol–water partition coefficient (Wildman–Crippen LogP) is 1.60. The van der Waals surface area contributed by atoms with Gasteiger partial charge in [0.15, 0.2) is 0 Å². The molecule has 2 N–H and O–H groups in total. The average Bonchev–Trinajstić information content (AvgIpc) is 2.75. The Morgan fingerprint density at radius 1 is 1.38 bits per heavy atom. The minimum absolute atomic E-state index is 0.397. The van der Waals surface area contributed by atoms with Crippen LogP contribution in [0.2, 0.25) is 5.02 Å². The highest BCUT2D eigenvalue weighted by atomic mass is 35.5. The number of nitrogens with two attached hydrogens (primary N) is 1. The van der Waals surface area contributed by atoms with E-state index in [2.05, 4.69) is 11.0 Å². The Morgan fingerprint density at radius 2 is 2.06 bits per heavy atom. The minimum Gasteiger partial charge on any atom is -0.370 e. The van der Waals surface area contributed by atoms with Crippen molar-refractivity contribution in [2.45, 2.75) is 6.04 Å².